The van der Waals surface area contributed by atoms with Crippen LogP contribution in [0.15, 0.2) is 36.4 Å². The highest BCUT2D eigenvalue weighted by molar-refractivity contribution is 7.27. The van der Waals surface area contributed by atoms with Gasteiger partial charge in [-0.05, 0) is 11.6 Å². The van der Waals surface area contributed by atoms with Gasteiger partial charge in [-0.2, -0.15) is 9.37 Å². The van der Waals surface area contributed by atoms with Crippen LogP contribution >= 0.6 is 32.4 Å². The van der Waals surface area contributed by atoms with Crippen LogP contribution in [0.25, 0.3) is 11.1 Å². The van der Waals surface area contributed by atoms with Crippen molar-refractivity contribution in [1.29, 1.82) is 0 Å². The molecule has 3 aromatic rings. The van der Waals surface area contributed by atoms with E-state index in [0.29, 0.717) is 5.56 Å². The first-order valence-corrected chi connectivity index (χ1v) is 9.58. The molecule has 0 fully saturated rings. The van der Waals surface area contributed by atoms with E-state index in [1.165, 1.54) is 6.07 Å². The Bertz CT molecular complexity index is 1130. The minimum atomic E-state index is -1.23. The predicted octanol–water partition coefficient (Wildman–Crippen LogP) is 4.83. The average molecular weight is 473 g/mol. The van der Waals surface area contributed by atoms with Gasteiger partial charge in [0.1, 0.15) is 22.3 Å². The summed E-state index contributed by atoms with van der Waals surface area (Å²) >= 11 is 12.1. The van der Waals surface area contributed by atoms with Crippen molar-refractivity contribution in [2.45, 2.75) is 0 Å². The number of carboxylic acid groups (broad SMARTS) is 1. The predicted molar refractivity (Wildman–Crippen MR) is 113 cm³/mol. The Labute approximate surface area is 181 Å². The summed E-state index contributed by atoms with van der Waals surface area (Å²) in [5, 5.41) is 20.3. The highest BCUT2D eigenvalue weighted by Crippen LogP contribution is 2.43. The van der Waals surface area contributed by atoms with Crippen molar-refractivity contribution in [1.82, 2.24) is 4.98 Å². The molecule has 1 atom stereocenters. The van der Waals surface area contributed by atoms with Crippen LogP contribution in [0, 0.1) is 11.8 Å². The maximum absolute atomic E-state index is 14.6. The van der Waals surface area contributed by atoms with Gasteiger partial charge in [0.05, 0.1) is 5.30 Å². The van der Waals surface area contributed by atoms with E-state index in [1.54, 1.807) is 30.3 Å². The molecule has 11 heteroatoms. The van der Waals surface area contributed by atoms with Gasteiger partial charge in [-0.15, -0.1) is 0 Å². The van der Waals surface area contributed by atoms with Crippen LogP contribution in [0.3, 0.4) is 0 Å². The van der Waals surface area contributed by atoms with Crippen LogP contribution in [-0.4, -0.2) is 27.7 Å². The number of phenolic OH excluding ortho intramolecular Hbond substituents is 1. The molecule has 0 amide bonds. The Balaban J connectivity index is 2.10. The lowest BCUT2D eigenvalue weighted by molar-refractivity contribution is -0.134. The number of hydrogen-bond acceptors (Lipinski definition) is 5. The third kappa shape index (κ3) is 4.41. The number of rotatable bonds is 6. The van der Waals surface area contributed by atoms with Gasteiger partial charge in [0.15, 0.2) is 23.1 Å². The van der Waals surface area contributed by atoms with Crippen molar-refractivity contribution in [3.05, 3.63) is 58.2 Å². The molecule has 3 rings (SSSR count). The number of halogens is 4. The topological polar surface area (TPSA) is 91.7 Å². The van der Waals surface area contributed by atoms with Crippen LogP contribution < -0.4 is 15.4 Å². The molecular formula is C19H13Cl2F2N2O4P. The minimum absolute atomic E-state index is 0.118. The number of aliphatic carboxylic acids is 1. The van der Waals surface area contributed by atoms with E-state index in [-0.39, 0.29) is 27.5 Å². The van der Waals surface area contributed by atoms with Crippen molar-refractivity contribution in [3.63, 3.8) is 0 Å². The first-order chi connectivity index (χ1) is 14.2. The van der Waals surface area contributed by atoms with E-state index in [1.807, 2.05) is 0 Å². The second-order valence-corrected chi connectivity index (χ2v) is 7.26. The van der Waals surface area contributed by atoms with Gasteiger partial charge < -0.3 is 20.3 Å². The molecule has 0 saturated heterocycles. The molecule has 0 saturated carbocycles. The number of nitrogens with one attached hydrogen (secondary N) is 1. The van der Waals surface area contributed by atoms with Gasteiger partial charge in [-0.25, -0.2) is 4.39 Å². The fraction of sp³-hybridized carbons (Fsp3) is 0.0526. The number of aromatic nitrogens is 1. The van der Waals surface area contributed by atoms with E-state index in [0.717, 1.165) is 0 Å². The number of hydrogen-bond donors (Lipinski definition) is 3. The lowest BCUT2D eigenvalue weighted by atomic mass is 10.0. The number of anilines is 1. The monoisotopic (exact) mass is 472 g/mol. The molecule has 0 spiro atoms. The van der Waals surface area contributed by atoms with Gasteiger partial charge in [0.2, 0.25) is 5.95 Å². The maximum atomic E-state index is 14.6. The van der Waals surface area contributed by atoms with E-state index >= 15 is 0 Å². The number of benzene rings is 2. The molecule has 0 bridgehead atoms. The fourth-order valence-corrected chi connectivity index (χ4v) is 3.27. The Morgan fingerprint density at radius 1 is 1.20 bits per heavy atom. The average Bonchev–Trinajstić information content (AvgIpc) is 2.73. The summed E-state index contributed by atoms with van der Waals surface area (Å²) in [6.07, 6.45) is 0. The zero-order valence-electron chi connectivity index (χ0n) is 14.9. The Morgan fingerprint density at radius 3 is 2.50 bits per heavy atom. The molecule has 1 aromatic heterocycles. The molecule has 30 heavy (non-hydrogen) atoms. The Morgan fingerprint density at radius 2 is 1.87 bits per heavy atom. The fourth-order valence-electron chi connectivity index (χ4n) is 2.52. The smallest absolute Gasteiger partial charge is 0.322 e. The minimum Gasteiger partial charge on any atom is -0.504 e. The standard InChI is InChI=1S/C19H13Cl2F2N2O4P/c20-12-16(13(21)19(25-18(12)23)24-7-11(26)27)29-10-6-9(8-4-2-1-3-5-8)15(28)14(22)17(10)30/h1-6,28H,7,30H2,(H,24,25)(H,26,27). The number of phenols is 1. The summed E-state index contributed by atoms with van der Waals surface area (Å²) in [5.74, 6) is -4.80. The second-order valence-electron chi connectivity index (χ2n) is 5.92. The van der Waals surface area contributed by atoms with Gasteiger partial charge in [-0.3, -0.25) is 4.79 Å². The summed E-state index contributed by atoms with van der Waals surface area (Å²) in [5.41, 5.74) is 0.631. The molecule has 3 N–H and O–H groups in total. The summed E-state index contributed by atoms with van der Waals surface area (Å²) in [4.78, 5) is 14.2. The number of carbonyl (C=O) groups is 1. The summed E-state index contributed by atoms with van der Waals surface area (Å²) in [7, 11) is 2.08. The first-order valence-electron chi connectivity index (χ1n) is 8.25. The zero-order chi connectivity index (χ0) is 22.0. The van der Waals surface area contributed by atoms with Crippen molar-refractivity contribution in [3.8, 4) is 28.4 Å². The number of aromatic hydroxyl groups is 1. The number of ether oxygens (including phenoxy) is 1. The van der Waals surface area contributed by atoms with Gasteiger partial charge in [-0.1, -0.05) is 62.8 Å². The quantitative estimate of drug-likeness (QED) is 0.351. The Kier molecular flexibility index (Phi) is 6.61. The van der Waals surface area contributed by atoms with Crippen molar-refractivity contribution >= 4 is 49.5 Å². The molecule has 0 aliphatic rings. The van der Waals surface area contributed by atoms with Crippen LogP contribution in [0.2, 0.25) is 10.0 Å². The molecule has 1 unspecified atom stereocenters. The van der Waals surface area contributed by atoms with Crippen LogP contribution in [0.1, 0.15) is 0 Å². The van der Waals surface area contributed by atoms with Crippen LogP contribution in [-0.2, 0) is 4.79 Å². The first kappa shape index (κ1) is 22.0. The molecular weight excluding hydrogens is 460 g/mol. The van der Waals surface area contributed by atoms with E-state index in [9.17, 15) is 18.7 Å². The molecule has 0 radical (unpaired) electrons. The highest BCUT2D eigenvalue weighted by Gasteiger charge is 2.23. The molecule has 0 aliphatic heterocycles. The van der Waals surface area contributed by atoms with Gasteiger partial charge in [0.25, 0.3) is 0 Å². The Hall–Kier alpha value is -2.67. The lowest BCUT2D eigenvalue weighted by Gasteiger charge is -2.17. The largest absolute Gasteiger partial charge is 0.504 e. The lowest BCUT2D eigenvalue weighted by Crippen LogP contribution is -2.14. The number of carboxylic acids is 1. The SMILES string of the molecule is O=C(O)CNc1nc(F)c(Cl)c(Oc2cc(-c3ccccc3)c(O)c(F)c2P)c1Cl. The van der Waals surface area contributed by atoms with Crippen LogP contribution in [0.4, 0.5) is 14.6 Å². The number of nitrogens with zero attached hydrogens (tertiary/aromatic N) is 1. The molecule has 1 heterocycles. The van der Waals surface area contributed by atoms with Gasteiger partial charge >= 0.3 is 5.97 Å². The zero-order valence-corrected chi connectivity index (χ0v) is 17.6. The van der Waals surface area contributed by atoms with Gasteiger partial charge in [0, 0.05) is 5.56 Å². The van der Waals surface area contributed by atoms with Crippen molar-refractivity contribution in [2.24, 2.45) is 0 Å². The number of pyridine rings is 1. The normalized spacial score (nSPS) is 10.7. The van der Waals surface area contributed by atoms with E-state index in [4.69, 9.17) is 33.0 Å². The molecule has 2 aromatic carbocycles. The van der Waals surface area contributed by atoms with E-state index < -0.39 is 40.8 Å². The molecule has 0 aliphatic carbocycles. The second kappa shape index (κ2) is 9.00. The van der Waals surface area contributed by atoms with Crippen LogP contribution in [0.5, 0.6) is 17.2 Å². The highest BCUT2D eigenvalue weighted by atomic mass is 35.5. The maximum Gasteiger partial charge on any atom is 0.322 e. The molecule has 156 valence electrons. The van der Waals surface area contributed by atoms with Crippen molar-refractivity contribution < 1.29 is 28.5 Å². The third-order valence-corrected chi connectivity index (χ3v) is 5.16. The van der Waals surface area contributed by atoms with Crippen molar-refractivity contribution in [2.75, 3.05) is 11.9 Å². The summed E-state index contributed by atoms with van der Waals surface area (Å²) in [6.45, 7) is -0.589. The summed E-state index contributed by atoms with van der Waals surface area (Å²) < 4.78 is 34.4. The molecule has 6 nitrogen and oxygen atoms in total. The van der Waals surface area contributed by atoms with E-state index in [2.05, 4.69) is 19.5 Å². The summed E-state index contributed by atoms with van der Waals surface area (Å²) in [6, 6.07) is 9.80. The third-order valence-electron chi connectivity index (χ3n) is 3.94.